The topological polar surface area (TPSA) is 45.9 Å². The first-order valence-corrected chi connectivity index (χ1v) is 6.60. The third-order valence-electron chi connectivity index (χ3n) is 2.08. The van der Waals surface area contributed by atoms with E-state index in [-0.39, 0.29) is 0 Å². The van der Waals surface area contributed by atoms with E-state index in [4.69, 9.17) is 10.00 Å². The Morgan fingerprint density at radius 2 is 2.35 bits per heavy atom. The summed E-state index contributed by atoms with van der Waals surface area (Å²) in [6.07, 6.45) is 0. The van der Waals surface area contributed by atoms with Gasteiger partial charge in [0.2, 0.25) is 0 Å². The van der Waals surface area contributed by atoms with Crippen molar-refractivity contribution in [1.29, 1.82) is 5.26 Å². The fourth-order valence-electron chi connectivity index (χ4n) is 1.32. The van der Waals surface area contributed by atoms with Crippen molar-refractivity contribution in [3.05, 3.63) is 44.3 Å². The molecule has 86 valence electrons. The number of thiazole rings is 1. The number of aromatic nitrogens is 1. The molecule has 0 aliphatic heterocycles. The first kappa shape index (κ1) is 12.1. The zero-order valence-corrected chi connectivity index (χ0v) is 11.5. The molecule has 1 heterocycles. The van der Waals surface area contributed by atoms with Crippen LogP contribution in [0.5, 0.6) is 5.75 Å². The first-order chi connectivity index (χ1) is 8.19. The molecular formula is C12H9BrN2OS. The largest absolute Gasteiger partial charge is 0.485 e. The SMILES string of the molecule is Cc1csc(COc2ccc(Br)cc2C#N)n1. The van der Waals surface area contributed by atoms with Gasteiger partial charge in [-0.3, -0.25) is 0 Å². The minimum atomic E-state index is 0.398. The molecule has 0 saturated heterocycles. The van der Waals surface area contributed by atoms with Crippen molar-refractivity contribution in [2.45, 2.75) is 13.5 Å². The third kappa shape index (κ3) is 3.05. The Balaban J connectivity index is 2.12. The molecular weight excluding hydrogens is 300 g/mol. The molecule has 0 unspecified atom stereocenters. The van der Waals surface area contributed by atoms with Crippen molar-refractivity contribution in [2.24, 2.45) is 0 Å². The van der Waals surface area contributed by atoms with Gasteiger partial charge < -0.3 is 4.74 Å². The maximum atomic E-state index is 8.98. The fraction of sp³-hybridized carbons (Fsp3) is 0.167. The minimum Gasteiger partial charge on any atom is -0.485 e. The molecule has 0 spiro atoms. The van der Waals surface area contributed by atoms with Gasteiger partial charge in [-0.2, -0.15) is 5.26 Å². The minimum absolute atomic E-state index is 0.398. The number of hydrogen-bond acceptors (Lipinski definition) is 4. The lowest BCUT2D eigenvalue weighted by Crippen LogP contribution is -1.96. The molecule has 2 aromatic rings. The predicted octanol–water partition coefficient (Wildman–Crippen LogP) is 3.66. The van der Waals surface area contributed by atoms with Crippen LogP contribution in [0.2, 0.25) is 0 Å². The zero-order valence-electron chi connectivity index (χ0n) is 9.11. The molecule has 0 aliphatic carbocycles. The summed E-state index contributed by atoms with van der Waals surface area (Å²) >= 11 is 4.88. The van der Waals surface area contributed by atoms with E-state index in [0.29, 0.717) is 17.9 Å². The summed E-state index contributed by atoms with van der Waals surface area (Å²) in [7, 11) is 0. The van der Waals surface area contributed by atoms with Gasteiger partial charge in [0.25, 0.3) is 0 Å². The van der Waals surface area contributed by atoms with Gasteiger partial charge in [-0.15, -0.1) is 11.3 Å². The van der Waals surface area contributed by atoms with Gasteiger partial charge >= 0.3 is 0 Å². The summed E-state index contributed by atoms with van der Waals surface area (Å²) in [6, 6.07) is 7.48. The second-order valence-electron chi connectivity index (χ2n) is 3.42. The normalized spacial score (nSPS) is 9.94. The lowest BCUT2D eigenvalue weighted by Gasteiger charge is -2.06. The van der Waals surface area contributed by atoms with Crippen LogP contribution in [-0.2, 0) is 6.61 Å². The Bertz CT molecular complexity index is 574. The number of benzene rings is 1. The highest BCUT2D eigenvalue weighted by Crippen LogP contribution is 2.23. The number of aryl methyl sites for hydroxylation is 1. The lowest BCUT2D eigenvalue weighted by atomic mass is 10.2. The second-order valence-corrected chi connectivity index (χ2v) is 5.28. The van der Waals surface area contributed by atoms with E-state index in [1.807, 2.05) is 18.4 Å². The maximum Gasteiger partial charge on any atom is 0.140 e. The van der Waals surface area contributed by atoms with E-state index in [0.717, 1.165) is 15.2 Å². The van der Waals surface area contributed by atoms with E-state index in [1.165, 1.54) is 0 Å². The Hall–Kier alpha value is -1.38. The Morgan fingerprint density at radius 1 is 1.53 bits per heavy atom. The summed E-state index contributed by atoms with van der Waals surface area (Å²) in [6.45, 7) is 2.34. The maximum absolute atomic E-state index is 8.98. The number of nitrogens with zero attached hydrogens (tertiary/aromatic N) is 2. The van der Waals surface area contributed by atoms with E-state index in [2.05, 4.69) is 27.0 Å². The molecule has 17 heavy (non-hydrogen) atoms. The van der Waals surface area contributed by atoms with Gasteiger partial charge in [-0.1, -0.05) is 15.9 Å². The van der Waals surface area contributed by atoms with Crippen molar-refractivity contribution in [3.8, 4) is 11.8 Å². The number of rotatable bonds is 3. The van der Waals surface area contributed by atoms with Gasteiger partial charge in [0.1, 0.15) is 23.4 Å². The molecule has 5 heteroatoms. The average molecular weight is 309 g/mol. The second kappa shape index (κ2) is 5.30. The van der Waals surface area contributed by atoms with Gasteiger partial charge in [0.15, 0.2) is 0 Å². The third-order valence-corrected chi connectivity index (χ3v) is 3.51. The van der Waals surface area contributed by atoms with Crippen LogP contribution in [0.25, 0.3) is 0 Å². The summed E-state index contributed by atoms with van der Waals surface area (Å²) in [5, 5.41) is 11.9. The van der Waals surface area contributed by atoms with Gasteiger partial charge in [0.05, 0.1) is 5.56 Å². The lowest BCUT2D eigenvalue weighted by molar-refractivity contribution is 0.304. The van der Waals surface area contributed by atoms with Crippen LogP contribution in [0.4, 0.5) is 0 Å². The molecule has 0 N–H and O–H groups in total. The molecule has 1 aromatic heterocycles. The molecule has 0 amide bonds. The monoisotopic (exact) mass is 308 g/mol. The molecule has 0 radical (unpaired) electrons. The summed E-state index contributed by atoms with van der Waals surface area (Å²) < 4.78 is 6.45. The first-order valence-electron chi connectivity index (χ1n) is 4.92. The average Bonchev–Trinajstić information content (AvgIpc) is 2.73. The van der Waals surface area contributed by atoms with Crippen molar-refractivity contribution in [1.82, 2.24) is 4.98 Å². The predicted molar refractivity (Wildman–Crippen MR) is 70.0 cm³/mol. The van der Waals surface area contributed by atoms with Crippen molar-refractivity contribution in [2.75, 3.05) is 0 Å². The van der Waals surface area contributed by atoms with E-state index >= 15 is 0 Å². The van der Waals surface area contributed by atoms with Crippen LogP contribution < -0.4 is 4.74 Å². The molecule has 2 rings (SSSR count). The van der Waals surface area contributed by atoms with Crippen LogP contribution in [-0.4, -0.2) is 4.98 Å². The van der Waals surface area contributed by atoms with Gasteiger partial charge in [0, 0.05) is 15.5 Å². The summed E-state index contributed by atoms with van der Waals surface area (Å²) in [4.78, 5) is 4.30. The quantitative estimate of drug-likeness (QED) is 0.869. The molecule has 0 atom stereocenters. The summed E-state index contributed by atoms with van der Waals surface area (Å²) in [5.74, 6) is 0.587. The van der Waals surface area contributed by atoms with Crippen LogP contribution >= 0.6 is 27.3 Å². The number of hydrogen-bond donors (Lipinski definition) is 0. The Kier molecular flexibility index (Phi) is 3.77. The Labute approximate surface area is 112 Å². The van der Waals surface area contributed by atoms with Gasteiger partial charge in [-0.05, 0) is 25.1 Å². The highest BCUT2D eigenvalue weighted by molar-refractivity contribution is 9.10. The standard InChI is InChI=1S/C12H9BrN2OS/c1-8-7-17-12(15-8)6-16-11-3-2-10(13)4-9(11)5-14/h2-4,7H,6H2,1H3. The molecule has 1 aromatic carbocycles. The number of ether oxygens (including phenoxy) is 1. The van der Waals surface area contributed by atoms with Crippen molar-refractivity contribution < 1.29 is 4.74 Å². The van der Waals surface area contributed by atoms with Crippen molar-refractivity contribution >= 4 is 27.3 Å². The fourth-order valence-corrected chi connectivity index (χ4v) is 2.37. The van der Waals surface area contributed by atoms with Gasteiger partial charge in [-0.25, -0.2) is 4.98 Å². The zero-order chi connectivity index (χ0) is 12.3. The summed E-state index contributed by atoms with van der Waals surface area (Å²) in [5.41, 5.74) is 1.51. The van der Waals surface area contributed by atoms with Crippen LogP contribution in [0, 0.1) is 18.3 Å². The molecule has 0 fully saturated rings. The van der Waals surface area contributed by atoms with Crippen LogP contribution in [0.15, 0.2) is 28.1 Å². The van der Waals surface area contributed by atoms with E-state index in [1.54, 1.807) is 23.5 Å². The van der Waals surface area contributed by atoms with Crippen molar-refractivity contribution in [3.63, 3.8) is 0 Å². The molecule has 0 saturated carbocycles. The Morgan fingerprint density at radius 3 is 3.00 bits per heavy atom. The van der Waals surface area contributed by atoms with E-state index < -0.39 is 0 Å². The molecule has 0 aliphatic rings. The van der Waals surface area contributed by atoms with Crippen LogP contribution in [0.1, 0.15) is 16.3 Å². The number of halogens is 1. The van der Waals surface area contributed by atoms with E-state index in [9.17, 15) is 0 Å². The van der Waals surface area contributed by atoms with Crippen LogP contribution in [0.3, 0.4) is 0 Å². The smallest absolute Gasteiger partial charge is 0.140 e. The molecule has 3 nitrogen and oxygen atoms in total. The highest BCUT2D eigenvalue weighted by Gasteiger charge is 2.05. The molecule has 0 bridgehead atoms. The number of nitriles is 1. The highest BCUT2D eigenvalue weighted by atomic mass is 79.9.